The van der Waals surface area contributed by atoms with Gasteiger partial charge in [-0.15, -0.1) is 0 Å². The highest BCUT2D eigenvalue weighted by Gasteiger charge is 2.19. The van der Waals surface area contributed by atoms with Gasteiger partial charge in [-0.1, -0.05) is 12.1 Å². The van der Waals surface area contributed by atoms with E-state index in [-0.39, 0.29) is 24.4 Å². The van der Waals surface area contributed by atoms with Gasteiger partial charge < -0.3 is 15.0 Å². The summed E-state index contributed by atoms with van der Waals surface area (Å²) < 4.78 is 18.8. The van der Waals surface area contributed by atoms with E-state index >= 15 is 0 Å². The molecule has 1 aliphatic heterocycles. The predicted molar refractivity (Wildman–Crippen MR) is 93.8 cm³/mol. The summed E-state index contributed by atoms with van der Waals surface area (Å²) in [5, 5.41) is 9.79. The van der Waals surface area contributed by atoms with Crippen molar-refractivity contribution in [1.82, 2.24) is 15.1 Å². The molecule has 1 aromatic heterocycles. The maximum absolute atomic E-state index is 13.1. The molecule has 1 saturated heterocycles. The second-order valence-electron chi connectivity index (χ2n) is 6.44. The number of nitrogens with one attached hydrogen (secondary N) is 2. The highest BCUT2D eigenvalue weighted by molar-refractivity contribution is 5.95. The number of carbonyl (C=O) groups excluding carboxylic acids is 1. The minimum absolute atomic E-state index is 0.00312. The summed E-state index contributed by atoms with van der Waals surface area (Å²) in [6.07, 6.45) is 2.00. The first-order valence-corrected chi connectivity index (χ1v) is 8.44. The maximum atomic E-state index is 13.1. The van der Waals surface area contributed by atoms with Crippen LogP contribution in [0, 0.1) is 12.7 Å². The summed E-state index contributed by atoms with van der Waals surface area (Å²) in [5.41, 5.74) is 2.35. The molecule has 0 bridgehead atoms. The van der Waals surface area contributed by atoms with Crippen LogP contribution in [-0.4, -0.2) is 53.9 Å². The van der Waals surface area contributed by atoms with Gasteiger partial charge >= 0.3 is 0 Å². The minimum atomic E-state index is -0.304. The fraction of sp³-hybridized carbons (Fsp3) is 0.444. The summed E-state index contributed by atoms with van der Waals surface area (Å²) in [4.78, 5) is 14.5. The van der Waals surface area contributed by atoms with E-state index in [1.54, 1.807) is 12.1 Å². The standard InChI is InChI=1S/C18H23FN4O2/c1-12-17(13-3-5-14(19)6-4-13)18(22-21-12)20-16(24)11-25-15-7-9-23(2)10-8-15/h3-6,15H,7-11H2,1-2H3,(H2,20,21,22,24). The van der Waals surface area contributed by atoms with Gasteiger partial charge in [0.05, 0.1) is 6.10 Å². The third kappa shape index (κ3) is 4.43. The van der Waals surface area contributed by atoms with E-state index in [0.717, 1.165) is 42.8 Å². The monoisotopic (exact) mass is 346 g/mol. The molecule has 0 aliphatic carbocycles. The van der Waals surface area contributed by atoms with Crippen LogP contribution in [0.1, 0.15) is 18.5 Å². The summed E-state index contributed by atoms with van der Waals surface area (Å²) in [6.45, 7) is 3.83. The Morgan fingerprint density at radius 1 is 1.36 bits per heavy atom. The number of anilines is 1. The van der Waals surface area contributed by atoms with Crippen LogP contribution in [0.2, 0.25) is 0 Å². The van der Waals surface area contributed by atoms with Crippen LogP contribution < -0.4 is 5.32 Å². The molecule has 0 spiro atoms. The molecule has 0 unspecified atom stereocenters. The highest BCUT2D eigenvalue weighted by atomic mass is 19.1. The zero-order valence-corrected chi connectivity index (χ0v) is 14.5. The van der Waals surface area contributed by atoms with Gasteiger partial charge in [0, 0.05) is 24.3 Å². The average molecular weight is 346 g/mol. The summed E-state index contributed by atoms with van der Waals surface area (Å²) >= 11 is 0. The molecule has 1 aliphatic rings. The Bertz CT molecular complexity index is 721. The van der Waals surface area contributed by atoms with Crippen molar-refractivity contribution in [1.29, 1.82) is 0 Å². The van der Waals surface area contributed by atoms with Crippen LogP contribution in [-0.2, 0) is 9.53 Å². The number of likely N-dealkylation sites (tertiary alicyclic amines) is 1. The predicted octanol–water partition coefficient (Wildman–Crippen LogP) is 2.57. The Balaban J connectivity index is 1.61. The van der Waals surface area contributed by atoms with Gasteiger partial charge in [-0.3, -0.25) is 9.89 Å². The topological polar surface area (TPSA) is 70.2 Å². The molecule has 0 saturated carbocycles. The van der Waals surface area contributed by atoms with Gasteiger partial charge in [-0.25, -0.2) is 4.39 Å². The number of hydrogen-bond acceptors (Lipinski definition) is 4. The number of ether oxygens (including phenoxy) is 1. The van der Waals surface area contributed by atoms with E-state index < -0.39 is 0 Å². The third-order valence-electron chi connectivity index (χ3n) is 4.45. The molecule has 1 fully saturated rings. The lowest BCUT2D eigenvalue weighted by Crippen LogP contribution is -2.35. The van der Waals surface area contributed by atoms with Crippen molar-refractivity contribution in [2.45, 2.75) is 25.9 Å². The Morgan fingerprint density at radius 3 is 2.72 bits per heavy atom. The van der Waals surface area contributed by atoms with Crippen LogP contribution in [0.3, 0.4) is 0 Å². The molecule has 25 heavy (non-hydrogen) atoms. The molecule has 6 nitrogen and oxygen atoms in total. The zero-order chi connectivity index (χ0) is 17.8. The molecule has 3 rings (SSSR count). The molecule has 1 aromatic carbocycles. The molecule has 2 N–H and O–H groups in total. The lowest BCUT2D eigenvalue weighted by atomic mass is 10.1. The van der Waals surface area contributed by atoms with Gasteiger partial charge in [0.15, 0.2) is 5.82 Å². The Labute approximate surface area is 146 Å². The van der Waals surface area contributed by atoms with E-state index in [4.69, 9.17) is 4.74 Å². The Hall–Kier alpha value is -2.25. The number of piperidine rings is 1. The molecule has 134 valence electrons. The average Bonchev–Trinajstić information content (AvgIpc) is 2.95. The van der Waals surface area contributed by atoms with Crippen molar-refractivity contribution in [2.75, 3.05) is 32.1 Å². The number of benzene rings is 1. The Morgan fingerprint density at radius 2 is 2.04 bits per heavy atom. The first kappa shape index (κ1) is 17.6. The van der Waals surface area contributed by atoms with Gasteiger partial charge in [0.1, 0.15) is 12.4 Å². The number of H-pyrrole nitrogens is 1. The van der Waals surface area contributed by atoms with Crippen LogP contribution in [0.4, 0.5) is 10.2 Å². The third-order valence-corrected chi connectivity index (χ3v) is 4.45. The molecule has 0 atom stereocenters. The molecule has 2 aromatic rings. The quantitative estimate of drug-likeness (QED) is 0.873. The van der Waals surface area contributed by atoms with E-state index in [1.807, 2.05) is 6.92 Å². The van der Waals surface area contributed by atoms with Crippen molar-refractivity contribution < 1.29 is 13.9 Å². The van der Waals surface area contributed by atoms with E-state index in [0.29, 0.717) is 5.82 Å². The number of carbonyl (C=O) groups is 1. The minimum Gasteiger partial charge on any atom is -0.368 e. The first-order valence-electron chi connectivity index (χ1n) is 8.44. The highest BCUT2D eigenvalue weighted by Crippen LogP contribution is 2.29. The second kappa shape index (κ2) is 7.76. The summed E-state index contributed by atoms with van der Waals surface area (Å²) in [5.74, 6) is -0.114. The number of aromatic nitrogens is 2. The van der Waals surface area contributed by atoms with Crippen LogP contribution >= 0.6 is 0 Å². The smallest absolute Gasteiger partial charge is 0.251 e. The summed E-state index contributed by atoms with van der Waals surface area (Å²) in [7, 11) is 2.08. The fourth-order valence-corrected chi connectivity index (χ4v) is 3.00. The molecule has 1 amide bonds. The lowest BCUT2D eigenvalue weighted by molar-refractivity contribution is -0.123. The van der Waals surface area contributed by atoms with E-state index in [9.17, 15) is 9.18 Å². The van der Waals surface area contributed by atoms with Crippen molar-refractivity contribution in [2.24, 2.45) is 0 Å². The van der Waals surface area contributed by atoms with E-state index in [1.165, 1.54) is 12.1 Å². The van der Waals surface area contributed by atoms with Crippen LogP contribution in [0.5, 0.6) is 0 Å². The molecule has 7 heteroatoms. The zero-order valence-electron chi connectivity index (χ0n) is 14.5. The fourth-order valence-electron chi connectivity index (χ4n) is 3.00. The largest absolute Gasteiger partial charge is 0.368 e. The van der Waals surface area contributed by atoms with Gasteiger partial charge in [0.2, 0.25) is 0 Å². The normalized spacial score (nSPS) is 16.1. The lowest BCUT2D eigenvalue weighted by Gasteiger charge is -2.28. The number of nitrogens with zero attached hydrogens (tertiary/aromatic N) is 2. The number of rotatable bonds is 5. The van der Waals surface area contributed by atoms with Crippen molar-refractivity contribution in [3.8, 4) is 11.1 Å². The number of halogens is 1. The first-order chi connectivity index (χ1) is 12.0. The van der Waals surface area contributed by atoms with Gasteiger partial charge in [0.25, 0.3) is 5.91 Å². The molecular formula is C18H23FN4O2. The summed E-state index contributed by atoms with van der Waals surface area (Å²) in [6, 6.07) is 6.10. The van der Waals surface area contributed by atoms with Gasteiger partial charge in [-0.05, 0) is 44.5 Å². The van der Waals surface area contributed by atoms with Crippen molar-refractivity contribution in [3.05, 3.63) is 35.8 Å². The van der Waals surface area contributed by atoms with E-state index in [2.05, 4.69) is 27.5 Å². The van der Waals surface area contributed by atoms with Crippen molar-refractivity contribution in [3.63, 3.8) is 0 Å². The number of aromatic amines is 1. The number of hydrogen-bond donors (Lipinski definition) is 2. The van der Waals surface area contributed by atoms with Crippen LogP contribution in [0.25, 0.3) is 11.1 Å². The SMILES string of the molecule is Cc1[nH]nc(NC(=O)COC2CCN(C)CC2)c1-c1ccc(F)cc1. The maximum Gasteiger partial charge on any atom is 0.251 e. The van der Waals surface area contributed by atoms with Crippen LogP contribution in [0.15, 0.2) is 24.3 Å². The van der Waals surface area contributed by atoms with Gasteiger partial charge in [-0.2, -0.15) is 5.10 Å². The van der Waals surface area contributed by atoms with Crippen molar-refractivity contribution >= 4 is 11.7 Å². The number of aryl methyl sites for hydroxylation is 1. The second-order valence-corrected chi connectivity index (χ2v) is 6.44. The molecular weight excluding hydrogens is 323 g/mol. The number of amides is 1. The Kier molecular flexibility index (Phi) is 5.45. The molecule has 0 radical (unpaired) electrons. The molecule has 2 heterocycles.